The van der Waals surface area contributed by atoms with Crippen molar-refractivity contribution in [2.75, 3.05) is 0 Å². The highest BCUT2D eigenvalue weighted by atomic mass is 79.9. The Kier molecular flexibility index (Phi) is 8.74. The lowest BCUT2D eigenvalue weighted by atomic mass is 10.00. The predicted molar refractivity (Wildman–Crippen MR) is 128 cm³/mol. The lowest BCUT2D eigenvalue weighted by Gasteiger charge is -2.16. The molecule has 0 saturated carbocycles. The fourth-order valence-electron chi connectivity index (χ4n) is 2.05. The first kappa shape index (κ1) is 22.2. The van der Waals surface area contributed by atoms with E-state index in [0.29, 0.717) is 21.8 Å². The molecule has 0 aliphatic rings. The summed E-state index contributed by atoms with van der Waals surface area (Å²) in [7, 11) is 0. The zero-order chi connectivity index (χ0) is 18.2. The van der Waals surface area contributed by atoms with Crippen molar-refractivity contribution < 1.29 is 4.79 Å². The SMILES string of the molecule is O=C(c1c(Br)cc(Br)c(CBr)c1Br)c1c(Br)cc(Br)c(CBr)c1Br. The highest BCUT2D eigenvalue weighted by Crippen LogP contribution is 2.41. The minimum atomic E-state index is -0.0862. The Morgan fingerprint density at radius 1 is 0.667 bits per heavy atom. The van der Waals surface area contributed by atoms with Crippen LogP contribution in [0.1, 0.15) is 27.0 Å². The Morgan fingerprint density at radius 2 is 1.00 bits per heavy atom. The molecule has 0 saturated heterocycles. The molecule has 0 amide bonds. The van der Waals surface area contributed by atoms with Gasteiger partial charge in [-0.2, -0.15) is 0 Å². The van der Waals surface area contributed by atoms with Gasteiger partial charge in [0.25, 0.3) is 0 Å². The molecule has 1 nitrogen and oxygen atoms in total. The van der Waals surface area contributed by atoms with E-state index in [9.17, 15) is 4.79 Å². The number of alkyl halides is 2. The Bertz CT molecular complexity index is 764. The summed E-state index contributed by atoms with van der Waals surface area (Å²) in [5.74, 6) is -0.0862. The topological polar surface area (TPSA) is 17.1 Å². The van der Waals surface area contributed by atoms with E-state index >= 15 is 0 Å². The molecule has 0 N–H and O–H groups in total. The van der Waals surface area contributed by atoms with Crippen LogP contribution in [0.15, 0.2) is 39.0 Å². The fourth-order valence-corrected chi connectivity index (χ4v) is 10.2. The molecule has 2 aromatic rings. The van der Waals surface area contributed by atoms with Crippen LogP contribution >= 0.6 is 127 Å². The average Bonchev–Trinajstić information content (AvgIpc) is 2.46. The number of hydrogen-bond acceptors (Lipinski definition) is 1. The molecule has 0 radical (unpaired) electrons. The lowest BCUT2D eigenvalue weighted by molar-refractivity contribution is 0.103. The van der Waals surface area contributed by atoms with Gasteiger partial charge in [-0.15, -0.1) is 0 Å². The minimum Gasteiger partial charge on any atom is -0.288 e. The molecule has 0 aromatic heterocycles. The highest BCUT2D eigenvalue weighted by molar-refractivity contribution is 9.12. The van der Waals surface area contributed by atoms with Crippen LogP contribution in [0.5, 0.6) is 0 Å². The summed E-state index contributed by atoms with van der Waals surface area (Å²) in [5, 5.41) is 1.24. The van der Waals surface area contributed by atoms with Gasteiger partial charge in [-0.3, -0.25) is 4.79 Å². The van der Waals surface area contributed by atoms with Crippen LogP contribution in [-0.2, 0) is 10.7 Å². The van der Waals surface area contributed by atoms with Gasteiger partial charge in [-0.1, -0.05) is 63.7 Å². The van der Waals surface area contributed by atoms with Crippen LogP contribution in [0.25, 0.3) is 0 Å². The first-order valence-corrected chi connectivity index (χ1v) is 13.2. The molecule has 2 aromatic carbocycles. The van der Waals surface area contributed by atoms with Gasteiger partial charge in [-0.05, 0) is 87.0 Å². The molecule has 0 bridgehead atoms. The molecular weight excluding hydrogens is 835 g/mol. The minimum absolute atomic E-state index is 0.0862. The molecule has 128 valence electrons. The molecule has 0 aliphatic carbocycles. The molecule has 2 rings (SSSR count). The van der Waals surface area contributed by atoms with Gasteiger partial charge >= 0.3 is 0 Å². The van der Waals surface area contributed by atoms with E-state index in [1.807, 2.05) is 12.1 Å². The van der Waals surface area contributed by atoms with E-state index in [4.69, 9.17) is 0 Å². The number of carbonyl (C=O) groups excluding carboxylic acids is 1. The van der Waals surface area contributed by atoms with Crippen molar-refractivity contribution in [2.24, 2.45) is 0 Å². The molecule has 9 heteroatoms. The molecule has 24 heavy (non-hydrogen) atoms. The highest BCUT2D eigenvalue weighted by Gasteiger charge is 2.26. The van der Waals surface area contributed by atoms with Crippen molar-refractivity contribution >= 4 is 133 Å². The molecule has 0 unspecified atom stereocenters. The first-order valence-electron chi connectivity index (χ1n) is 6.23. The van der Waals surface area contributed by atoms with E-state index in [1.54, 1.807) is 0 Å². The van der Waals surface area contributed by atoms with Gasteiger partial charge in [0, 0.05) is 37.5 Å². The summed E-state index contributed by atoms with van der Waals surface area (Å²) in [6, 6.07) is 3.78. The Labute approximate surface area is 207 Å². The third kappa shape index (κ3) is 4.33. The maximum Gasteiger partial charge on any atom is 0.197 e. The van der Waals surface area contributed by atoms with Crippen molar-refractivity contribution in [1.82, 2.24) is 0 Å². The standard InChI is InChI=1S/C15H6Br8O/c16-3-5-7(18)1-9(20)11(13(5)22)15(24)12-10(21)2-8(19)6(4-17)14(12)23/h1-2H,3-4H2. The van der Waals surface area contributed by atoms with Crippen molar-refractivity contribution in [1.29, 1.82) is 0 Å². The van der Waals surface area contributed by atoms with Gasteiger partial charge < -0.3 is 0 Å². The predicted octanol–water partition coefficient (Wildman–Crippen LogP) is 9.28. The number of benzene rings is 2. The van der Waals surface area contributed by atoms with Crippen LogP contribution < -0.4 is 0 Å². The van der Waals surface area contributed by atoms with E-state index < -0.39 is 0 Å². The second-order valence-corrected chi connectivity index (χ2v) is 10.7. The van der Waals surface area contributed by atoms with Gasteiger partial charge in [0.15, 0.2) is 5.78 Å². The lowest BCUT2D eigenvalue weighted by Crippen LogP contribution is -2.09. The van der Waals surface area contributed by atoms with Gasteiger partial charge in [-0.25, -0.2) is 0 Å². The van der Waals surface area contributed by atoms with E-state index in [-0.39, 0.29) is 5.78 Å². The normalized spacial score (nSPS) is 11.0. The Morgan fingerprint density at radius 3 is 1.29 bits per heavy atom. The van der Waals surface area contributed by atoms with Gasteiger partial charge in [0.2, 0.25) is 0 Å². The van der Waals surface area contributed by atoms with E-state index in [2.05, 4.69) is 127 Å². The average molecular weight is 841 g/mol. The number of hydrogen-bond donors (Lipinski definition) is 0. The Hall–Kier alpha value is 1.95. The monoisotopic (exact) mass is 833 g/mol. The molecule has 0 heterocycles. The second-order valence-electron chi connectivity index (χ2n) is 4.61. The quantitative estimate of drug-likeness (QED) is 0.222. The maximum atomic E-state index is 13.3. The summed E-state index contributed by atoms with van der Waals surface area (Å²) in [4.78, 5) is 13.3. The molecule has 0 spiro atoms. The van der Waals surface area contributed by atoms with Crippen LogP contribution in [0, 0.1) is 0 Å². The van der Waals surface area contributed by atoms with Gasteiger partial charge in [0.1, 0.15) is 0 Å². The van der Waals surface area contributed by atoms with Crippen molar-refractivity contribution in [2.45, 2.75) is 10.7 Å². The van der Waals surface area contributed by atoms with Crippen LogP contribution in [-0.4, -0.2) is 5.78 Å². The summed E-state index contributed by atoms with van der Waals surface area (Å²) < 4.78 is 4.80. The first-order chi connectivity index (χ1) is 11.2. The fraction of sp³-hybridized carbons (Fsp3) is 0.133. The van der Waals surface area contributed by atoms with E-state index in [1.165, 1.54) is 0 Å². The number of rotatable bonds is 4. The van der Waals surface area contributed by atoms with Crippen LogP contribution in [0.3, 0.4) is 0 Å². The number of ketones is 1. The van der Waals surface area contributed by atoms with E-state index in [0.717, 1.165) is 38.0 Å². The second kappa shape index (κ2) is 9.43. The summed E-state index contributed by atoms with van der Waals surface area (Å²) in [5.41, 5.74) is 3.12. The Balaban J connectivity index is 2.76. The zero-order valence-electron chi connectivity index (χ0n) is 11.5. The molecule has 0 fully saturated rings. The van der Waals surface area contributed by atoms with Gasteiger partial charge in [0.05, 0.1) is 11.1 Å². The van der Waals surface area contributed by atoms with Crippen molar-refractivity contribution in [3.63, 3.8) is 0 Å². The smallest absolute Gasteiger partial charge is 0.197 e. The summed E-state index contributed by atoms with van der Waals surface area (Å²) in [6.07, 6.45) is 0. The third-order valence-electron chi connectivity index (χ3n) is 3.25. The maximum absolute atomic E-state index is 13.3. The molecule has 0 atom stereocenters. The van der Waals surface area contributed by atoms with Crippen molar-refractivity contribution in [3.8, 4) is 0 Å². The number of halogens is 8. The zero-order valence-corrected chi connectivity index (χ0v) is 24.2. The van der Waals surface area contributed by atoms with Crippen LogP contribution in [0.2, 0.25) is 0 Å². The number of carbonyl (C=O) groups is 1. The third-order valence-corrected chi connectivity index (χ3v) is 8.79. The summed E-state index contributed by atoms with van der Waals surface area (Å²) >= 11 is 28.2. The largest absolute Gasteiger partial charge is 0.288 e. The summed E-state index contributed by atoms with van der Waals surface area (Å²) in [6.45, 7) is 0. The molecular formula is C15H6Br8O. The van der Waals surface area contributed by atoms with Crippen molar-refractivity contribution in [3.05, 3.63) is 61.2 Å². The molecule has 0 aliphatic heterocycles. The van der Waals surface area contributed by atoms with Crippen LogP contribution in [0.4, 0.5) is 0 Å².